The second kappa shape index (κ2) is 7.23. The Morgan fingerprint density at radius 3 is 2.61 bits per heavy atom. The third-order valence-corrected chi connectivity index (χ3v) is 4.68. The first kappa shape index (κ1) is 15.5. The molecule has 0 aliphatic carbocycles. The minimum absolute atomic E-state index is 0.0356. The monoisotopic (exact) mass is 331 g/mol. The number of amides is 2. The molecule has 3 rings (SSSR count). The van der Waals surface area contributed by atoms with E-state index in [9.17, 15) is 9.59 Å². The van der Waals surface area contributed by atoms with Crippen LogP contribution in [0.4, 0.5) is 5.82 Å². The smallest absolute Gasteiger partial charge is 0.274 e. The molecule has 0 spiro atoms. The SMILES string of the molecule is O=C(NCC(=O)N1CCN(c2cccc[nH+]2)CC1)c1cccs1. The number of aromatic amines is 1. The largest absolute Gasteiger partial charge is 0.342 e. The van der Waals surface area contributed by atoms with Crippen molar-refractivity contribution in [1.82, 2.24) is 10.2 Å². The van der Waals surface area contributed by atoms with Gasteiger partial charge in [0.1, 0.15) is 13.1 Å². The number of H-pyrrole nitrogens is 1. The summed E-state index contributed by atoms with van der Waals surface area (Å²) in [5.74, 6) is 0.836. The molecule has 1 aliphatic heterocycles. The second-order valence-electron chi connectivity index (χ2n) is 5.28. The van der Waals surface area contributed by atoms with E-state index >= 15 is 0 Å². The fourth-order valence-electron chi connectivity index (χ4n) is 2.54. The first-order valence-electron chi connectivity index (χ1n) is 7.55. The minimum atomic E-state index is -0.189. The van der Waals surface area contributed by atoms with Crippen LogP contribution in [0.25, 0.3) is 0 Å². The Morgan fingerprint density at radius 2 is 1.96 bits per heavy atom. The van der Waals surface area contributed by atoms with Crippen molar-refractivity contribution in [3.8, 4) is 0 Å². The van der Waals surface area contributed by atoms with Crippen LogP contribution in [0.3, 0.4) is 0 Å². The molecule has 7 heteroatoms. The fourth-order valence-corrected chi connectivity index (χ4v) is 3.18. The van der Waals surface area contributed by atoms with Crippen LogP contribution in [-0.2, 0) is 4.79 Å². The predicted octanol–water partition coefficient (Wildman–Crippen LogP) is 0.641. The molecule has 0 unspecified atom stereocenters. The summed E-state index contributed by atoms with van der Waals surface area (Å²) in [6.07, 6.45) is 1.90. The summed E-state index contributed by atoms with van der Waals surface area (Å²) in [7, 11) is 0. The van der Waals surface area contributed by atoms with Crippen molar-refractivity contribution in [3.63, 3.8) is 0 Å². The lowest BCUT2D eigenvalue weighted by Crippen LogP contribution is -2.52. The van der Waals surface area contributed by atoms with Gasteiger partial charge in [-0.15, -0.1) is 11.3 Å². The molecule has 6 nitrogen and oxygen atoms in total. The highest BCUT2D eigenvalue weighted by Gasteiger charge is 2.26. The number of carbonyl (C=O) groups excluding carboxylic acids is 2. The number of pyridine rings is 1. The third-order valence-electron chi connectivity index (χ3n) is 3.81. The maximum Gasteiger partial charge on any atom is 0.274 e. The maximum absolute atomic E-state index is 12.2. The van der Waals surface area contributed by atoms with E-state index < -0.39 is 0 Å². The maximum atomic E-state index is 12.2. The van der Waals surface area contributed by atoms with E-state index in [0.29, 0.717) is 18.0 Å². The molecular weight excluding hydrogens is 312 g/mol. The molecule has 23 heavy (non-hydrogen) atoms. The van der Waals surface area contributed by atoms with Crippen molar-refractivity contribution in [2.45, 2.75) is 0 Å². The molecule has 1 aliphatic rings. The van der Waals surface area contributed by atoms with Crippen LogP contribution in [0.5, 0.6) is 0 Å². The molecule has 3 heterocycles. The fraction of sp³-hybridized carbons (Fsp3) is 0.312. The normalized spacial score (nSPS) is 14.6. The van der Waals surface area contributed by atoms with Gasteiger partial charge < -0.3 is 10.2 Å². The van der Waals surface area contributed by atoms with Gasteiger partial charge in [0.15, 0.2) is 0 Å². The number of aromatic nitrogens is 1. The Morgan fingerprint density at radius 1 is 1.13 bits per heavy atom. The van der Waals surface area contributed by atoms with Crippen molar-refractivity contribution >= 4 is 29.0 Å². The van der Waals surface area contributed by atoms with Gasteiger partial charge in [0.05, 0.1) is 30.7 Å². The van der Waals surface area contributed by atoms with Crippen molar-refractivity contribution in [2.75, 3.05) is 37.6 Å². The average Bonchev–Trinajstić information content (AvgIpc) is 3.15. The lowest BCUT2D eigenvalue weighted by atomic mass is 10.3. The van der Waals surface area contributed by atoms with Crippen LogP contribution in [-0.4, -0.2) is 49.4 Å². The molecule has 0 bridgehead atoms. The molecule has 2 N–H and O–H groups in total. The number of nitrogens with zero attached hydrogens (tertiary/aromatic N) is 2. The van der Waals surface area contributed by atoms with Gasteiger partial charge in [-0.25, -0.2) is 4.98 Å². The number of carbonyl (C=O) groups is 2. The van der Waals surface area contributed by atoms with Crippen LogP contribution in [0.2, 0.25) is 0 Å². The van der Waals surface area contributed by atoms with Crippen molar-refractivity contribution < 1.29 is 14.6 Å². The first-order chi connectivity index (χ1) is 11.2. The summed E-state index contributed by atoms with van der Waals surface area (Å²) >= 11 is 1.37. The molecule has 1 fully saturated rings. The molecule has 2 aromatic rings. The second-order valence-corrected chi connectivity index (χ2v) is 6.22. The summed E-state index contributed by atoms with van der Waals surface area (Å²) in [6.45, 7) is 2.94. The standard InChI is InChI=1S/C16H18N4O2S/c21-15(12-18-16(22)13-4-3-11-23-13)20-9-7-19(8-10-20)14-5-1-2-6-17-14/h1-6,11H,7-10,12H2,(H,18,22)/p+1. The van der Waals surface area contributed by atoms with E-state index in [4.69, 9.17) is 0 Å². The zero-order chi connectivity index (χ0) is 16.1. The lowest BCUT2D eigenvalue weighted by Gasteiger charge is -2.31. The van der Waals surface area contributed by atoms with E-state index in [1.165, 1.54) is 11.3 Å². The highest BCUT2D eigenvalue weighted by Crippen LogP contribution is 2.10. The van der Waals surface area contributed by atoms with Crippen LogP contribution in [0.15, 0.2) is 41.9 Å². The Kier molecular flexibility index (Phi) is 4.87. The highest BCUT2D eigenvalue weighted by molar-refractivity contribution is 7.12. The van der Waals surface area contributed by atoms with Gasteiger partial charge in [0, 0.05) is 6.07 Å². The van der Waals surface area contributed by atoms with Crippen molar-refractivity contribution in [2.24, 2.45) is 0 Å². The van der Waals surface area contributed by atoms with Gasteiger partial charge in [-0.05, 0) is 17.5 Å². The summed E-state index contributed by atoms with van der Waals surface area (Å²) in [4.78, 5) is 31.9. The van der Waals surface area contributed by atoms with E-state index in [1.54, 1.807) is 11.0 Å². The molecule has 2 aromatic heterocycles. The van der Waals surface area contributed by atoms with E-state index in [1.807, 2.05) is 35.8 Å². The summed E-state index contributed by atoms with van der Waals surface area (Å²) in [5.41, 5.74) is 0. The van der Waals surface area contributed by atoms with Crippen LogP contribution >= 0.6 is 11.3 Å². The molecule has 0 radical (unpaired) electrons. The highest BCUT2D eigenvalue weighted by atomic mass is 32.1. The molecule has 1 saturated heterocycles. The van der Waals surface area contributed by atoms with Gasteiger partial charge in [-0.1, -0.05) is 12.1 Å². The summed E-state index contributed by atoms with van der Waals surface area (Å²) in [5, 5.41) is 4.53. The number of anilines is 1. The topological polar surface area (TPSA) is 66.8 Å². The molecule has 0 atom stereocenters. The quantitative estimate of drug-likeness (QED) is 0.894. The molecule has 120 valence electrons. The average molecular weight is 331 g/mol. The number of hydrogen-bond acceptors (Lipinski definition) is 4. The number of nitrogens with one attached hydrogen (secondary N) is 2. The predicted molar refractivity (Wildman–Crippen MR) is 88.4 cm³/mol. The van der Waals surface area contributed by atoms with Gasteiger partial charge in [-0.3, -0.25) is 14.5 Å². The van der Waals surface area contributed by atoms with Crippen LogP contribution < -0.4 is 15.2 Å². The molecule has 0 aromatic carbocycles. The number of thiophene rings is 1. The van der Waals surface area contributed by atoms with Gasteiger partial charge in [0.25, 0.3) is 11.7 Å². The van der Waals surface area contributed by atoms with Crippen molar-refractivity contribution in [3.05, 3.63) is 46.8 Å². The Labute approximate surface area is 138 Å². The van der Waals surface area contributed by atoms with Gasteiger partial charge in [0.2, 0.25) is 5.91 Å². The zero-order valence-electron chi connectivity index (χ0n) is 12.7. The van der Waals surface area contributed by atoms with E-state index in [-0.39, 0.29) is 18.4 Å². The lowest BCUT2D eigenvalue weighted by molar-refractivity contribution is -0.364. The minimum Gasteiger partial charge on any atom is -0.342 e. The third kappa shape index (κ3) is 3.87. The van der Waals surface area contributed by atoms with Gasteiger partial charge in [-0.2, -0.15) is 0 Å². The molecule has 0 saturated carbocycles. The number of piperazine rings is 1. The van der Waals surface area contributed by atoms with Gasteiger partial charge >= 0.3 is 0 Å². The number of hydrogen-bond donors (Lipinski definition) is 1. The van der Waals surface area contributed by atoms with E-state index in [0.717, 1.165) is 18.9 Å². The summed E-state index contributed by atoms with van der Waals surface area (Å²) < 4.78 is 0. The van der Waals surface area contributed by atoms with Crippen molar-refractivity contribution in [1.29, 1.82) is 0 Å². The Bertz CT molecular complexity index is 652. The molecular formula is C16H19N4O2S+. The Hall–Kier alpha value is -2.41. The summed E-state index contributed by atoms with van der Waals surface area (Å²) in [6, 6.07) is 9.53. The Balaban J connectivity index is 1.46. The first-order valence-corrected chi connectivity index (χ1v) is 8.43. The van der Waals surface area contributed by atoms with Crippen LogP contribution in [0.1, 0.15) is 9.67 Å². The number of rotatable bonds is 4. The van der Waals surface area contributed by atoms with Crippen LogP contribution in [0, 0.1) is 0 Å². The van der Waals surface area contributed by atoms with E-state index in [2.05, 4.69) is 15.2 Å². The zero-order valence-corrected chi connectivity index (χ0v) is 13.5. The molecule has 2 amide bonds.